The summed E-state index contributed by atoms with van der Waals surface area (Å²) >= 11 is 0. The van der Waals surface area contributed by atoms with Crippen molar-refractivity contribution in [3.63, 3.8) is 0 Å². The standard InChI is InChI=1S/C52H94O9/c1-3-5-7-9-11-13-15-17-19-20-21-22-23-24-25-26-27-29-31-33-35-37-39-41-48(54)60-46(45-59-52-51(57)50(56)49(55)47(43-53)61-52)44-58-42-40-38-36-34-32-30-28-18-16-14-12-10-8-6-4-2/h15-18,20-21,23-24,46-47,49-53,55-57H,3-14,19,22,25-45H2,1-2H3/b17-15-,18-16-,21-20-,24-23-. The molecule has 9 nitrogen and oxygen atoms in total. The van der Waals surface area contributed by atoms with Crippen molar-refractivity contribution in [3.8, 4) is 0 Å². The number of rotatable bonds is 43. The molecule has 0 radical (unpaired) electrons. The van der Waals surface area contributed by atoms with Crippen molar-refractivity contribution in [2.75, 3.05) is 26.4 Å². The van der Waals surface area contributed by atoms with Crippen LogP contribution in [0.5, 0.6) is 0 Å². The minimum Gasteiger partial charge on any atom is -0.457 e. The molecule has 1 aliphatic rings. The first kappa shape index (κ1) is 57.2. The van der Waals surface area contributed by atoms with Gasteiger partial charge in [0.2, 0.25) is 0 Å². The van der Waals surface area contributed by atoms with Gasteiger partial charge in [-0.1, -0.05) is 178 Å². The first-order valence-electron chi connectivity index (χ1n) is 25.2. The molecule has 0 saturated carbocycles. The summed E-state index contributed by atoms with van der Waals surface area (Å²) < 4.78 is 22.9. The number of unbranched alkanes of at least 4 members (excludes halogenated alkanes) is 24. The molecule has 1 saturated heterocycles. The molecule has 0 aliphatic carbocycles. The Labute approximate surface area is 373 Å². The third-order valence-corrected chi connectivity index (χ3v) is 11.5. The van der Waals surface area contributed by atoms with Crippen molar-refractivity contribution in [2.24, 2.45) is 0 Å². The molecule has 1 fully saturated rings. The molecule has 4 N–H and O–H groups in total. The highest BCUT2D eigenvalue weighted by molar-refractivity contribution is 5.69. The number of hydrogen-bond acceptors (Lipinski definition) is 9. The van der Waals surface area contributed by atoms with Crippen molar-refractivity contribution in [3.05, 3.63) is 48.6 Å². The molecule has 0 amide bonds. The number of ether oxygens (including phenoxy) is 4. The summed E-state index contributed by atoms with van der Waals surface area (Å²) in [5, 5.41) is 40.2. The molecule has 1 rings (SSSR count). The molecule has 0 bridgehead atoms. The highest BCUT2D eigenvalue weighted by Crippen LogP contribution is 2.23. The SMILES string of the molecule is CCCCCCC/C=C\C/C=C\C/C=C\CCCCCCCCCCC(=O)OC(COCCCCCCCC/C=C\CCCCCCC)COC1OC(CO)C(O)C(O)C1O. The van der Waals surface area contributed by atoms with Crippen LogP contribution >= 0.6 is 0 Å². The Balaban J connectivity index is 2.22. The first-order valence-corrected chi connectivity index (χ1v) is 25.2. The van der Waals surface area contributed by atoms with Crippen LogP contribution in [0.1, 0.15) is 213 Å². The molecule has 61 heavy (non-hydrogen) atoms. The number of allylic oxidation sites excluding steroid dienone is 8. The second-order valence-corrected chi connectivity index (χ2v) is 17.3. The van der Waals surface area contributed by atoms with Crippen LogP contribution in [0, 0.1) is 0 Å². The van der Waals surface area contributed by atoms with E-state index in [1.807, 2.05) is 0 Å². The maximum atomic E-state index is 12.8. The van der Waals surface area contributed by atoms with E-state index in [0.29, 0.717) is 13.0 Å². The quantitative estimate of drug-likeness (QED) is 0.0268. The van der Waals surface area contributed by atoms with Crippen LogP contribution < -0.4 is 0 Å². The third-order valence-electron chi connectivity index (χ3n) is 11.5. The lowest BCUT2D eigenvalue weighted by molar-refractivity contribution is -0.305. The average molecular weight is 863 g/mol. The van der Waals surface area contributed by atoms with Crippen LogP contribution in [-0.2, 0) is 23.7 Å². The fourth-order valence-corrected chi connectivity index (χ4v) is 7.49. The monoisotopic (exact) mass is 863 g/mol. The summed E-state index contributed by atoms with van der Waals surface area (Å²) in [5.74, 6) is -0.322. The van der Waals surface area contributed by atoms with Crippen LogP contribution in [0.15, 0.2) is 48.6 Å². The van der Waals surface area contributed by atoms with Crippen molar-refractivity contribution >= 4 is 5.97 Å². The van der Waals surface area contributed by atoms with E-state index in [9.17, 15) is 25.2 Å². The number of hydrogen-bond donors (Lipinski definition) is 4. The molecule has 0 aromatic rings. The normalized spacial score (nSPS) is 20.3. The zero-order valence-electron chi connectivity index (χ0n) is 39.2. The van der Waals surface area contributed by atoms with Gasteiger partial charge in [-0.25, -0.2) is 0 Å². The number of aliphatic hydroxyl groups is 4. The third kappa shape index (κ3) is 34.3. The van der Waals surface area contributed by atoms with Gasteiger partial charge in [-0.2, -0.15) is 0 Å². The Kier molecular flexibility index (Phi) is 40.7. The summed E-state index contributed by atoms with van der Waals surface area (Å²) in [6.07, 6.45) is 47.1. The van der Waals surface area contributed by atoms with Gasteiger partial charge < -0.3 is 39.4 Å². The summed E-state index contributed by atoms with van der Waals surface area (Å²) in [7, 11) is 0. The predicted octanol–water partition coefficient (Wildman–Crippen LogP) is 12.1. The number of aliphatic hydroxyl groups excluding tert-OH is 4. The van der Waals surface area contributed by atoms with Crippen molar-refractivity contribution < 1.29 is 44.2 Å². The second-order valence-electron chi connectivity index (χ2n) is 17.3. The van der Waals surface area contributed by atoms with E-state index in [0.717, 1.165) is 57.8 Å². The topological polar surface area (TPSA) is 135 Å². The van der Waals surface area contributed by atoms with E-state index in [2.05, 4.69) is 62.5 Å². The Bertz CT molecular complexity index is 1070. The second kappa shape index (κ2) is 43.4. The predicted molar refractivity (Wildman–Crippen MR) is 251 cm³/mol. The molecule has 6 unspecified atom stereocenters. The van der Waals surface area contributed by atoms with Crippen LogP contribution in [0.25, 0.3) is 0 Å². The van der Waals surface area contributed by atoms with Gasteiger partial charge >= 0.3 is 5.97 Å². The number of carbonyl (C=O) groups is 1. The Hall–Kier alpha value is -1.85. The summed E-state index contributed by atoms with van der Waals surface area (Å²) in [6.45, 7) is 4.53. The van der Waals surface area contributed by atoms with Gasteiger partial charge in [-0.3, -0.25) is 4.79 Å². The number of esters is 1. The van der Waals surface area contributed by atoms with E-state index >= 15 is 0 Å². The Morgan fingerprint density at radius 2 is 0.951 bits per heavy atom. The van der Waals surface area contributed by atoms with Gasteiger partial charge in [0, 0.05) is 13.0 Å². The van der Waals surface area contributed by atoms with E-state index in [4.69, 9.17) is 18.9 Å². The van der Waals surface area contributed by atoms with Crippen molar-refractivity contribution in [2.45, 2.75) is 250 Å². The minimum absolute atomic E-state index is 0.119. The molecule has 1 heterocycles. The Morgan fingerprint density at radius 3 is 1.44 bits per heavy atom. The van der Waals surface area contributed by atoms with E-state index in [-0.39, 0.29) is 19.2 Å². The van der Waals surface area contributed by atoms with E-state index in [1.54, 1.807) is 0 Å². The van der Waals surface area contributed by atoms with Crippen LogP contribution in [0.3, 0.4) is 0 Å². The molecule has 0 aromatic carbocycles. The zero-order valence-corrected chi connectivity index (χ0v) is 39.2. The average Bonchev–Trinajstić information content (AvgIpc) is 3.26. The van der Waals surface area contributed by atoms with Crippen molar-refractivity contribution in [1.29, 1.82) is 0 Å². The fraction of sp³-hybridized carbons (Fsp3) is 0.827. The summed E-state index contributed by atoms with van der Waals surface area (Å²) in [5.41, 5.74) is 0. The highest BCUT2D eigenvalue weighted by Gasteiger charge is 2.44. The Morgan fingerprint density at radius 1 is 0.525 bits per heavy atom. The fourth-order valence-electron chi connectivity index (χ4n) is 7.49. The maximum Gasteiger partial charge on any atom is 0.306 e. The lowest BCUT2D eigenvalue weighted by Gasteiger charge is -2.39. The lowest BCUT2D eigenvalue weighted by atomic mass is 9.99. The summed E-state index contributed by atoms with van der Waals surface area (Å²) in [6, 6.07) is 0. The molecule has 0 spiro atoms. The van der Waals surface area contributed by atoms with E-state index < -0.39 is 43.4 Å². The zero-order chi connectivity index (χ0) is 44.3. The maximum absolute atomic E-state index is 12.8. The molecular formula is C52H94O9. The smallest absolute Gasteiger partial charge is 0.306 e. The van der Waals surface area contributed by atoms with Gasteiger partial charge in [-0.15, -0.1) is 0 Å². The van der Waals surface area contributed by atoms with Gasteiger partial charge in [0.25, 0.3) is 0 Å². The summed E-state index contributed by atoms with van der Waals surface area (Å²) in [4.78, 5) is 12.8. The largest absolute Gasteiger partial charge is 0.457 e. The van der Waals surface area contributed by atoms with E-state index in [1.165, 1.54) is 135 Å². The molecule has 1 aliphatic heterocycles. The molecule has 9 heteroatoms. The highest BCUT2D eigenvalue weighted by atomic mass is 16.7. The molecular weight excluding hydrogens is 769 g/mol. The molecule has 356 valence electrons. The lowest BCUT2D eigenvalue weighted by Crippen LogP contribution is -2.59. The molecule has 0 aromatic heterocycles. The van der Waals surface area contributed by atoms with Crippen LogP contribution in [0.2, 0.25) is 0 Å². The van der Waals surface area contributed by atoms with Crippen LogP contribution in [-0.4, -0.2) is 89.6 Å². The van der Waals surface area contributed by atoms with Crippen LogP contribution in [0.4, 0.5) is 0 Å². The number of carbonyl (C=O) groups excluding carboxylic acids is 1. The van der Waals surface area contributed by atoms with Gasteiger partial charge in [0.15, 0.2) is 6.29 Å². The van der Waals surface area contributed by atoms with Gasteiger partial charge in [0.1, 0.15) is 30.5 Å². The molecule has 6 atom stereocenters. The minimum atomic E-state index is -1.54. The van der Waals surface area contributed by atoms with Crippen molar-refractivity contribution in [1.82, 2.24) is 0 Å². The van der Waals surface area contributed by atoms with Gasteiger partial charge in [0.05, 0.1) is 19.8 Å². The van der Waals surface area contributed by atoms with Gasteiger partial charge in [-0.05, 0) is 77.0 Å². The first-order chi connectivity index (χ1) is 29.9.